The molecule has 3 heterocycles. The summed E-state index contributed by atoms with van der Waals surface area (Å²) in [7, 11) is 4.12. The van der Waals surface area contributed by atoms with E-state index in [1.165, 1.54) is 0 Å². The molecule has 0 saturated heterocycles. The molecule has 4 rings (SSSR count). The van der Waals surface area contributed by atoms with Crippen LogP contribution in [-0.4, -0.2) is 52.8 Å². The van der Waals surface area contributed by atoms with Crippen LogP contribution < -0.4 is 15.6 Å². The lowest BCUT2D eigenvalue weighted by atomic mass is 9.80. The summed E-state index contributed by atoms with van der Waals surface area (Å²) in [5, 5.41) is 14.4. The first kappa shape index (κ1) is 24.9. The predicted octanol–water partition coefficient (Wildman–Crippen LogP) is 4.49. The van der Waals surface area contributed by atoms with E-state index in [2.05, 4.69) is 48.4 Å². The lowest BCUT2D eigenvalue weighted by molar-refractivity contribution is 0.0615. The number of H-pyrrole nitrogens is 1. The minimum atomic E-state index is -0.853. The van der Waals surface area contributed by atoms with Crippen LogP contribution in [-0.2, 0) is 0 Å². The quantitative estimate of drug-likeness (QED) is 0.394. The number of hydrogen-bond donors (Lipinski definition) is 3. The third-order valence-corrected chi connectivity index (χ3v) is 6.51. The summed E-state index contributed by atoms with van der Waals surface area (Å²) in [6.45, 7) is 7.43. The van der Waals surface area contributed by atoms with Crippen LogP contribution in [0.15, 0.2) is 53.6 Å². The van der Waals surface area contributed by atoms with Gasteiger partial charge in [0.05, 0.1) is 18.2 Å². The first-order valence-corrected chi connectivity index (χ1v) is 12.2. The van der Waals surface area contributed by atoms with Gasteiger partial charge in [-0.1, -0.05) is 12.1 Å². The van der Waals surface area contributed by atoms with Crippen LogP contribution in [0.3, 0.4) is 0 Å². The van der Waals surface area contributed by atoms with E-state index < -0.39 is 5.60 Å². The van der Waals surface area contributed by atoms with Crippen LogP contribution in [0.4, 0.5) is 5.82 Å². The van der Waals surface area contributed by atoms with Gasteiger partial charge >= 0.3 is 0 Å². The molecule has 0 amide bonds. The van der Waals surface area contributed by atoms with E-state index in [-0.39, 0.29) is 17.5 Å². The Morgan fingerprint density at radius 3 is 2.57 bits per heavy atom. The van der Waals surface area contributed by atoms with Crippen molar-refractivity contribution in [1.82, 2.24) is 14.9 Å². The van der Waals surface area contributed by atoms with Crippen LogP contribution in [0.5, 0.6) is 5.75 Å². The van der Waals surface area contributed by atoms with E-state index >= 15 is 0 Å². The van der Waals surface area contributed by atoms with Gasteiger partial charge in [0.1, 0.15) is 11.6 Å². The summed E-state index contributed by atoms with van der Waals surface area (Å²) in [6.07, 6.45) is 5.03. The molecule has 3 N–H and O–H groups in total. The Labute approximate surface area is 207 Å². The van der Waals surface area contributed by atoms with Gasteiger partial charge in [-0.3, -0.25) is 4.79 Å². The second-order valence-corrected chi connectivity index (χ2v) is 10.3. The van der Waals surface area contributed by atoms with Gasteiger partial charge in [0.25, 0.3) is 0 Å². The summed E-state index contributed by atoms with van der Waals surface area (Å²) in [5.74, 6) is 1.71. The lowest BCUT2D eigenvalue weighted by Crippen LogP contribution is -2.25. The summed E-state index contributed by atoms with van der Waals surface area (Å²) >= 11 is 0. The Hall–Kier alpha value is -3.16. The van der Waals surface area contributed by atoms with E-state index in [9.17, 15) is 9.90 Å². The van der Waals surface area contributed by atoms with Gasteiger partial charge in [-0.2, -0.15) is 0 Å². The van der Waals surface area contributed by atoms with E-state index in [0.29, 0.717) is 13.0 Å². The molecule has 186 valence electrons. The second kappa shape index (κ2) is 10.2. The molecule has 0 saturated carbocycles. The fourth-order valence-corrected chi connectivity index (χ4v) is 4.92. The summed E-state index contributed by atoms with van der Waals surface area (Å²) < 4.78 is 5.91. The first-order valence-electron chi connectivity index (χ1n) is 12.2. The Morgan fingerprint density at radius 1 is 1.17 bits per heavy atom. The minimum Gasteiger partial charge on any atom is -0.494 e. The number of ether oxygens (including phenoxy) is 1. The lowest BCUT2D eigenvalue weighted by Gasteiger charge is -2.28. The molecule has 1 aromatic carbocycles. The molecule has 0 bridgehead atoms. The van der Waals surface area contributed by atoms with Gasteiger partial charge < -0.3 is 25.0 Å². The summed E-state index contributed by atoms with van der Waals surface area (Å²) in [4.78, 5) is 21.5. The largest absolute Gasteiger partial charge is 0.494 e. The maximum absolute atomic E-state index is 11.9. The highest BCUT2D eigenvalue weighted by Gasteiger charge is 2.39. The third kappa shape index (κ3) is 5.92. The normalized spacial score (nSPS) is 17.3. The zero-order valence-electron chi connectivity index (χ0n) is 21.3. The maximum atomic E-state index is 11.9. The third-order valence-electron chi connectivity index (χ3n) is 6.51. The van der Waals surface area contributed by atoms with Gasteiger partial charge in [-0.25, -0.2) is 4.98 Å². The molecule has 3 aromatic rings. The highest BCUT2D eigenvalue weighted by molar-refractivity contribution is 5.73. The number of aromatic amines is 1. The molecule has 2 aromatic heterocycles. The summed E-state index contributed by atoms with van der Waals surface area (Å²) in [6, 6.07) is 11.7. The van der Waals surface area contributed by atoms with E-state index in [1.54, 1.807) is 12.3 Å². The number of pyridine rings is 2. The van der Waals surface area contributed by atoms with Gasteiger partial charge in [-0.15, -0.1) is 0 Å². The van der Waals surface area contributed by atoms with Crippen molar-refractivity contribution in [1.29, 1.82) is 0 Å². The molecule has 0 aliphatic carbocycles. The van der Waals surface area contributed by atoms with Crippen LogP contribution in [0.1, 0.15) is 55.3 Å². The molecule has 2 atom stereocenters. The number of benzene rings is 1. The highest BCUT2D eigenvalue weighted by atomic mass is 16.5. The van der Waals surface area contributed by atoms with Crippen molar-refractivity contribution in [3.8, 4) is 16.9 Å². The molecule has 35 heavy (non-hydrogen) atoms. The van der Waals surface area contributed by atoms with Gasteiger partial charge in [0, 0.05) is 42.0 Å². The Kier molecular flexibility index (Phi) is 7.28. The standard InChI is InChI=1S/C28H36N4O3/c1-18-23(20-11-12-29-24(33)15-20)17-30-27-25(18)22(16-28(2,3)34)26(31-27)19-7-9-21(10-8-19)35-14-6-13-32(4)5/h7-12,15,17,22,26,34H,6,13-14,16H2,1-5H3,(H,29,33)(H,30,31). The van der Waals surface area contributed by atoms with Gasteiger partial charge in [0.2, 0.25) is 5.56 Å². The number of nitrogens with one attached hydrogen (secondary N) is 2. The molecule has 2 unspecified atom stereocenters. The van der Waals surface area contributed by atoms with Crippen molar-refractivity contribution >= 4 is 5.82 Å². The van der Waals surface area contributed by atoms with Crippen molar-refractivity contribution < 1.29 is 9.84 Å². The minimum absolute atomic E-state index is 0.0197. The zero-order valence-corrected chi connectivity index (χ0v) is 21.3. The average Bonchev–Trinajstić information content (AvgIpc) is 3.15. The van der Waals surface area contributed by atoms with Crippen LogP contribution in [0.25, 0.3) is 11.1 Å². The molecule has 7 nitrogen and oxygen atoms in total. The fraction of sp³-hybridized carbons (Fsp3) is 0.429. The molecule has 1 aliphatic rings. The van der Waals surface area contributed by atoms with Gasteiger partial charge in [0.15, 0.2) is 0 Å². The maximum Gasteiger partial charge on any atom is 0.248 e. The molecule has 1 aliphatic heterocycles. The topological polar surface area (TPSA) is 90.5 Å². The average molecular weight is 477 g/mol. The Morgan fingerprint density at radius 2 is 1.91 bits per heavy atom. The second-order valence-electron chi connectivity index (χ2n) is 10.3. The first-order chi connectivity index (χ1) is 16.6. The molecule has 0 radical (unpaired) electrons. The number of aliphatic hydroxyl groups is 1. The van der Waals surface area contributed by atoms with Crippen molar-refractivity contribution in [2.75, 3.05) is 32.6 Å². The monoisotopic (exact) mass is 476 g/mol. The van der Waals surface area contributed by atoms with Crippen molar-refractivity contribution in [3.63, 3.8) is 0 Å². The Balaban J connectivity index is 1.62. The van der Waals surface area contributed by atoms with Crippen LogP contribution in [0.2, 0.25) is 0 Å². The zero-order chi connectivity index (χ0) is 25.2. The number of aromatic nitrogens is 2. The van der Waals surface area contributed by atoms with E-state index in [4.69, 9.17) is 9.72 Å². The van der Waals surface area contributed by atoms with E-state index in [0.717, 1.165) is 52.4 Å². The molecular formula is C28H36N4O3. The molecular weight excluding hydrogens is 440 g/mol. The van der Waals surface area contributed by atoms with Crippen LogP contribution in [0, 0.1) is 6.92 Å². The van der Waals surface area contributed by atoms with Crippen LogP contribution >= 0.6 is 0 Å². The SMILES string of the molecule is Cc1c(-c2cc[nH]c(=O)c2)cnc2c1C(CC(C)(C)O)C(c1ccc(OCCCN(C)C)cc1)N2. The number of nitrogens with zero attached hydrogens (tertiary/aromatic N) is 2. The van der Waals surface area contributed by atoms with Crippen molar-refractivity contribution in [2.45, 2.75) is 51.2 Å². The molecule has 7 heteroatoms. The van der Waals surface area contributed by atoms with Crippen molar-refractivity contribution in [3.05, 3.63) is 75.8 Å². The number of rotatable bonds is 9. The molecule has 0 spiro atoms. The smallest absolute Gasteiger partial charge is 0.248 e. The number of hydrogen-bond acceptors (Lipinski definition) is 6. The van der Waals surface area contributed by atoms with E-state index in [1.807, 2.05) is 38.2 Å². The predicted molar refractivity (Wildman–Crippen MR) is 140 cm³/mol. The fourth-order valence-electron chi connectivity index (χ4n) is 4.92. The summed E-state index contributed by atoms with van der Waals surface area (Å²) in [5.41, 5.74) is 4.06. The van der Waals surface area contributed by atoms with Gasteiger partial charge in [-0.05, 0) is 82.6 Å². The number of anilines is 1. The molecule has 0 fully saturated rings. The highest BCUT2D eigenvalue weighted by Crippen LogP contribution is 2.49. The van der Waals surface area contributed by atoms with Crippen molar-refractivity contribution in [2.24, 2.45) is 0 Å². The number of fused-ring (bicyclic) bond motifs is 1. The Bertz CT molecular complexity index is 1210.